The lowest BCUT2D eigenvalue weighted by molar-refractivity contribution is -0.0355. The zero-order chi connectivity index (χ0) is 13.6. The molecule has 2 aliphatic rings. The van der Waals surface area contributed by atoms with Gasteiger partial charge in [0.2, 0.25) is 0 Å². The molecule has 104 valence electrons. The van der Waals surface area contributed by atoms with Crippen LogP contribution in [0.2, 0.25) is 0 Å². The predicted octanol–water partition coefficient (Wildman–Crippen LogP) is 1.69. The third-order valence-corrected chi connectivity index (χ3v) is 4.56. The van der Waals surface area contributed by atoms with Gasteiger partial charge >= 0.3 is 0 Å². The molecule has 1 aromatic heterocycles. The fourth-order valence-electron chi connectivity index (χ4n) is 3.25. The Bertz CT molecular complexity index is 494. The number of nitrogens with zero attached hydrogens (tertiary/aromatic N) is 2. The minimum absolute atomic E-state index is 0.238. The number of hydrogen-bond acceptors (Lipinski definition) is 3. The van der Waals surface area contributed by atoms with Crippen molar-refractivity contribution in [1.82, 2.24) is 9.47 Å². The first-order valence-corrected chi connectivity index (χ1v) is 7.08. The van der Waals surface area contributed by atoms with Gasteiger partial charge < -0.3 is 9.30 Å². The number of aromatic nitrogens is 1. The standard InChI is InChI=1S/C15H22N2O2/c1-10-6-14(11(2)16(10)3)15(18)9-17-7-12-4-5-13(8-17)19-12/h6,12-13H,4-5,7-9H2,1-3H3. The van der Waals surface area contributed by atoms with E-state index in [4.69, 9.17) is 4.74 Å². The number of carbonyl (C=O) groups is 1. The Labute approximate surface area is 114 Å². The fraction of sp³-hybridized carbons (Fsp3) is 0.667. The molecule has 0 aliphatic carbocycles. The molecule has 0 aromatic carbocycles. The summed E-state index contributed by atoms with van der Waals surface area (Å²) in [5, 5.41) is 0. The van der Waals surface area contributed by atoms with Gasteiger partial charge in [0.1, 0.15) is 0 Å². The predicted molar refractivity (Wildman–Crippen MR) is 73.6 cm³/mol. The Morgan fingerprint density at radius 1 is 1.32 bits per heavy atom. The smallest absolute Gasteiger partial charge is 0.178 e. The summed E-state index contributed by atoms with van der Waals surface area (Å²) in [5.74, 6) is 0.238. The summed E-state index contributed by atoms with van der Waals surface area (Å²) < 4.78 is 7.88. The van der Waals surface area contributed by atoms with Gasteiger partial charge in [-0.3, -0.25) is 9.69 Å². The maximum atomic E-state index is 12.4. The van der Waals surface area contributed by atoms with Gasteiger partial charge in [0.25, 0.3) is 0 Å². The molecule has 2 saturated heterocycles. The molecule has 3 rings (SSSR count). The van der Waals surface area contributed by atoms with Crippen molar-refractivity contribution < 1.29 is 9.53 Å². The number of rotatable bonds is 3. The molecule has 4 heteroatoms. The van der Waals surface area contributed by atoms with Crippen LogP contribution in [0, 0.1) is 13.8 Å². The normalized spacial score (nSPS) is 26.9. The minimum Gasteiger partial charge on any atom is -0.372 e. The summed E-state index contributed by atoms with van der Waals surface area (Å²) in [6.07, 6.45) is 3.01. The second kappa shape index (κ2) is 4.76. The van der Waals surface area contributed by atoms with Crippen molar-refractivity contribution in [3.8, 4) is 0 Å². The highest BCUT2D eigenvalue weighted by atomic mass is 16.5. The van der Waals surface area contributed by atoms with Crippen LogP contribution >= 0.6 is 0 Å². The molecule has 4 nitrogen and oxygen atoms in total. The first-order chi connectivity index (χ1) is 9.04. The van der Waals surface area contributed by atoms with E-state index in [1.165, 1.54) is 0 Å². The van der Waals surface area contributed by atoms with Crippen molar-refractivity contribution in [2.24, 2.45) is 7.05 Å². The second-order valence-corrected chi connectivity index (χ2v) is 5.92. The number of ether oxygens (including phenoxy) is 1. The fourth-order valence-corrected chi connectivity index (χ4v) is 3.25. The monoisotopic (exact) mass is 262 g/mol. The van der Waals surface area contributed by atoms with E-state index in [0.717, 1.165) is 42.9 Å². The van der Waals surface area contributed by atoms with Gasteiger partial charge in [-0.25, -0.2) is 0 Å². The Balaban J connectivity index is 1.69. The van der Waals surface area contributed by atoms with Crippen LogP contribution in [0.15, 0.2) is 6.07 Å². The maximum Gasteiger partial charge on any atom is 0.178 e. The highest BCUT2D eigenvalue weighted by molar-refractivity contribution is 5.99. The maximum absolute atomic E-state index is 12.4. The highest BCUT2D eigenvalue weighted by Gasteiger charge is 2.34. The lowest BCUT2D eigenvalue weighted by Gasteiger charge is -2.31. The Hall–Kier alpha value is -1.13. The van der Waals surface area contributed by atoms with E-state index in [9.17, 15) is 4.79 Å². The van der Waals surface area contributed by atoms with Crippen LogP contribution < -0.4 is 0 Å². The number of fused-ring (bicyclic) bond motifs is 2. The summed E-state index contributed by atoms with van der Waals surface area (Å²) in [6.45, 7) is 6.41. The number of ketones is 1. The summed E-state index contributed by atoms with van der Waals surface area (Å²) in [6, 6.07) is 2.01. The third-order valence-electron chi connectivity index (χ3n) is 4.56. The van der Waals surface area contributed by atoms with Crippen molar-refractivity contribution in [2.45, 2.75) is 38.9 Å². The van der Waals surface area contributed by atoms with Gasteiger partial charge in [-0.15, -0.1) is 0 Å². The summed E-state index contributed by atoms with van der Waals surface area (Å²) in [5.41, 5.74) is 3.08. The molecule has 0 amide bonds. The second-order valence-electron chi connectivity index (χ2n) is 5.92. The van der Waals surface area contributed by atoms with E-state index in [1.54, 1.807) is 0 Å². The van der Waals surface area contributed by atoms with E-state index < -0.39 is 0 Å². The molecule has 0 radical (unpaired) electrons. The summed E-state index contributed by atoms with van der Waals surface area (Å²) in [7, 11) is 2.01. The van der Waals surface area contributed by atoms with Crippen molar-refractivity contribution in [3.05, 3.63) is 23.0 Å². The molecule has 2 aliphatic heterocycles. The number of morpholine rings is 1. The van der Waals surface area contributed by atoms with E-state index in [0.29, 0.717) is 18.8 Å². The molecule has 0 spiro atoms. The van der Waals surface area contributed by atoms with E-state index in [1.807, 2.05) is 27.0 Å². The van der Waals surface area contributed by atoms with Crippen molar-refractivity contribution in [3.63, 3.8) is 0 Å². The Morgan fingerprint density at radius 2 is 1.95 bits per heavy atom. The van der Waals surface area contributed by atoms with Gasteiger partial charge in [-0.2, -0.15) is 0 Å². The van der Waals surface area contributed by atoms with Gasteiger partial charge in [0.15, 0.2) is 5.78 Å². The number of carbonyl (C=O) groups excluding carboxylic acids is 1. The topological polar surface area (TPSA) is 34.5 Å². The Morgan fingerprint density at radius 3 is 2.47 bits per heavy atom. The molecule has 2 bridgehead atoms. The molecule has 0 N–H and O–H groups in total. The number of hydrogen-bond donors (Lipinski definition) is 0. The van der Waals surface area contributed by atoms with E-state index in [-0.39, 0.29) is 5.78 Å². The lowest BCUT2D eigenvalue weighted by atomic mass is 10.1. The average Bonchev–Trinajstić information content (AvgIpc) is 2.84. The van der Waals surface area contributed by atoms with Crippen molar-refractivity contribution >= 4 is 5.78 Å². The molecule has 2 unspecified atom stereocenters. The summed E-state index contributed by atoms with van der Waals surface area (Å²) >= 11 is 0. The molecule has 1 aromatic rings. The van der Waals surface area contributed by atoms with E-state index >= 15 is 0 Å². The SMILES string of the molecule is Cc1cc(C(=O)CN2CC3CCC(C2)O3)c(C)n1C. The first kappa shape index (κ1) is 12.9. The number of aryl methyl sites for hydroxylation is 1. The summed E-state index contributed by atoms with van der Waals surface area (Å²) in [4.78, 5) is 14.7. The Kier molecular flexibility index (Phi) is 3.23. The quantitative estimate of drug-likeness (QED) is 0.777. The zero-order valence-electron chi connectivity index (χ0n) is 12.0. The van der Waals surface area contributed by atoms with Crippen LogP contribution in [0.25, 0.3) is 0 Å². The molecule has 2 atom stereocenters. The average molecular weight is 262 g/mol. The van der Waals surface area contributed by atoms with E-state index in [2.05, 4.69) is 9.47 Å². The largest absolute Gasteiger partial charge is 0.372 e. The van der Waals surface area contributed by atoms with Crippen molar-refractivity contribution in [2.75, 3.05) is 19.6 Å². The van der Waals surface area contributed by atoms with Crippen LogP contribution in [0.4, 0.5) is 0 Å². The minimum atomic E-state index is 0.238. The molecular formula is C15H22N2O2. The zero-order valence-corrected chi connectivity index (χ0v) is 12.0. The van der Waals surface area contributed by atoms with Gasteiger partial charge in [0.05, 0.1) is 18.8 Å². The molecule has 0 saturated carbocycles. The van der Waals surface area contributed by atoms with Crippen LogP contribution in [0.5, 0.6) is 0 Å². The highest BCUT2D eigenvalue weighted by Crippen LogP contribution is 2.26. The molecule has 19 heavy (non-hydrogen) atoms. The van der Waals surface area contributed by atoms with Crippen LogP contribution in [0.1, 0.15) is 34.6 Å². The third kappa shape index (κ3) is 2.35. The molecule has 2 fully saturated rings. The number of likely N-dealkylation sites (tertiary alicyclic amines) is 1. The molecular weight excluding hydrogens is 240 g/mol. The lowest BCUT2D eigenvalue weighted by Crippen LogP contribution is -2.44. The van der Waals surface area contributed by atoms with Gasteiger partial charge in [-0.1, -0.05) is 0 Å². The van der Waals surface area contributed by atoms with Crippen LogP contribution in [0.3, 0.4) is 0 Å². The molecule has 3 heterocycles. The first-order valence-electron chi connectivity index (χ1n) is 7.08. The van der Waals surface area contributed by atoms with Gasteiger partial charge in [0, 0.05) is 37.1 Å². The van der Waals surface area contributed by atoms with Crippen LogP contribution in [-0.4, -0.2) is 47.1 Å². The number of Topliss-reactive ketones (excluding diaryl/α,β-unsaturated/α-hetero) is 1. The van der Waals surface area contributed by atoms with Gasteiger partial charge in [-0.05, 0) is 32.8 Å². The van der Waals surface area contributed by atoms with Crippen LogP contribution in [-0.2, 0) is 11.8 Å². The van der Waals surface area contributed by atoms with Crippen molar-refractivity contribution in [1.29, 1.82) is 0 Å².